The molecule has 1 rings (SSSR count). The smallest absolute Gasteiger partial charge is 0.260 e. The molecule has 4 heteroatoms. The third-order valence-corrected chi connectivity index (χ3v) is 2.85. The Balaban J connectivity index is 2.65. The van der Waals surface area contributed by atoms with Crippen LogP contribution < -0.4 is 15.8 Å². The molecule has 0 aromatic heterocycles. The van der Waals surface area contributed by atoms with Gasteiger partial charge in [0.2, 0.25) is 0 Å². The molecule has 0 spiro atoms. The third-order valence-electron chi connectivity index (χ3n) is 2.85. The number of aryl methyl sites for hydroxylation is 1. The Morgan fingerprint density at radius 2 is 2.05 bits per heavy atom. The molecule has 0 saturated carbocycles. The number of benzene rings is 1. The van der Waals surface area contributed by atoms with Crippen LogP contribution in [0.3, 0.4) is 0 Å². The summed E-state index contributed by atoms with van der Waals surface area (Å²) in [6, 6.07) is 5.81. The molecule has 1 aromatic rings. The van der Waals surface area contributed by atoms with Crippen LogP contribution in [0.15, 0.2) is 18.2 Å². The second kappa shape index (κ2) is 7.14. The van der Waals surface area contributed by atoms with Crippen molar-refractivity contribution in [1.29, 1.82) is 0 Å². The van der Waals surface area contributed by atoms with E-state index in [0.29, 0.717) is 19.0 Å². The van der Waals surface area contributed by atoms with E-state index in [2.05, 4.69) is 19.2 Å². The van der Waals surface area contributed by atoms with Crippen molar-refractivity contribution in [2.75, 3.05) is 6.54 Å². The van der Waals surface area contributed by atoms with Crippen molar-refractivity contribution in [3.63, 3.8) is 0 Å². The minimum Gasteiger partial charge on any atom is -0.481 e. The summed E-state index contributed by atoms with van der Waals surface area (Å²) in [6.07, 6.45) is -0.509. The summed E-state index contributed by atoms with van der Waals surface area (Å²) in [5.41, 5.74) is 7.60. The number of nitrogens with one attached hydrogen (secondary N) is 1. The molecule has 0 saturated heterocycles. The van der Waals surface area contributed by atoms with Crippen molar-refractivity contribution < 1.29 is 9.53 Å². The Kier molecular flexibility index (Phi) is 5.83. The molecule has 1 amide bonds. The molecule has 4 nitrogen and oxygen atoms in total. The van der Waals surface area contributed by atoms with Gasteiger partial charge in [-0.25, -0.2) is 0 Å². The van der Waals surface area contributed by atoms with E-state index in [4.69, 9.17) is 10.5 Å². The first-order valence-electron chi connectivity index (χ1n) is 6.68. The van der Waals surface area contributed by atoms with E-state index >= 15 is 0 Å². The number of rotatable bonds is 6. The summed E-state index contributed by atoms with van der Waals surface area (Å²) in [5, 5.41) is 2.86. The molecule has 1 unspecified atom stereocenters. The molecular weight excluding hydrogens is 240 g/mol. The lowest BCUT2D eigenvalue weighted by Gasteiger charge is -2.17. The number of carbonyl (C=O) groups is 1. The minimum atomic E-state index is -0.509. The van der Waals surface area contributed by atoms with Gasteiger partial charge in [0.15, 0.2) is 6.10 Å². The molecule has 0 heterocycles. The summed E-state index contributed by atoms with van der Waals surface area (Å²) in [6.45, 7) is 8.94. The lowest BCUT2D eigenvalue weighted by molar-refractivity contribution is -0.127. The number of amides is 1. The topological polar surface area (TPSA) is 64.3 Å². The Bertz CT molecular complexity index is 430. The number of hydrogen-bond acceptors (Lipinski definition) is 3. The van der Waals surface area contributed by atoms with Crippen LogP contribution in [-0.4, -0.2) is 18.6 Å². The van der Waals surface area contributed by atoms with Gasteiger partial charge in [-0.05, 0) is 37.0 Å². The van der Waals surface area contributed by atoms with Crippen molar-refractivity contribution in [2.45, 2.75) is 40.3 Å². The lowest BCUT2D eigenvalue weighted by Crippen LogP contribution is -2.38. The minimum absolute atomic E-state index is 0.0914. The summed E-state index contributed by atoms with van der Waals surface area (Å²) < 4.78 is 5.71. The average Bonchev–Trinajstić information content (AvgIpc) is 2.38. The van der Waals surface area contributed by atoms with Gasteiger partial charge in [0, 0.05) is 13.1 Å². The van der Waals surface area contributed by atoms with Gasteiger partial charge in [0.25, 0.3) is 5.91 Å². The molecule has 0 aliphatic heterocycles. The Hall–Kier alpha value is -1.55. The van der Waals surface area contributed by atoms with Crippen LogP contribution in [0.5, 0.6) is 5.75 Å². The predicted molar refractivity (Wildman–Crippen MR) is 77.0 cm³/mol. The van der Waals surface area contributed by atoms with Crippen LogP contribution in [-0.2, 0) is 11.3 Å². The fourth-order valence-corrected chi connectivity index (χ4v) is 1.59. The van der Waals surface area contributed by atoms with Crippen molar-refractivity contribution in [3.05, 3.63) is 29.3 Å². The monoisotopic (exact) mass is 264 g/mol. The van der Waals surface area contributed by atoms with Crippen molar-refractivity contribution in [2.24, 2.45) is 11.7 Å². The molecular formula is C15H24N2O2. The summed E-state index contributed by atoms with van der Waals surface area (Å²) in [7, 11) is 0. The summed E-state index contributed by atoms with van der Waals surface area (Å²) in [4.78, 5) is 11.9. The number of hydrogen-bond donors (Lipinski definition) is 2. The number of nitrogens with two attached hydrogens (primary N) is 1. The fraction of sp³-hybridized carbons (Fsp3) is 0.533. The maximum Gasteiger partial charge on any atom is 0.260 e. The average molecular weight is 264 g/mol. The molecule has 1 atom stereocenters. The third kappa shape index (κ3) is 4.91. The van der Waals surface area contributed by atoms with Crippen molar-refractivity contribution in [3.8, 4) is 5.75 Å². The Morgan fingerprint density at radius 3 is 2.63 bits per heavy atom. The van der Waals surface area contributed by atoms with E-state index in [9.17, 15) is 4.79 Å². The predicted octanol–water partition coefficient (Wildman–Crippen LogP) is 1.99. The maximum absolute atomic E-state index is 11.9. The van der Waals surface area contributed by atoms with Gasteiger partial charge >= 0.3 is 0 Å². The van der Waals surface area contributed by atoms with E-state index in [-0.39, 0.29) is 5.91 Å². The van der Waals surface area contributed by atoms with Crippen molar-refractivity contribution >= 4 is 5.91 Å². The van der Waals surface area contributed by atoms with Crippen LogP contribution in [0.2, 0.25) is 0 Å². The van der Waals surface area contributed by atoms with Crippen LogP contribution >= 0.6 is 0 Å². The van der Waals surface area contributed by atoms with E-state index in [1.54, 1.807) is 6.92 Å². The molecule has 1 aromatic carbocycles. The summed E-state index contributed by atoms with van der Waals surface area (Å²) >= 11 is 0. The SMILES string of the molecule is Cc1ccc(CN)cc1OC(C)C(=O)NCC(C)C. The maximum atomic E-state index is 11.9. The second-order valence-corrected chi connectivity index (χ2v) is 5.20. The largest absolute Gasteiger partial charge is 0.481 e. The zero-order valence-corrected chi connectivity index (χ0v) is 12.2. The number of ether oxygens (including phenoxy) is 1. The summed E-state index contributed by atoms with van der Waals surface area (Å²) in [5.74, 6) is 1.06. The molecule has 0 aliphatic carbocycles. The molecule has 0 bridgehead atoms. The van der Waals surface area contributed by atoms with Gasteiger partial charge in [-0.1, -0.05) is 26.0 Å². The first-order chi connectivity index (χ1) is 8.93. The Labute approximate surface area is 115 Å². The van der Waals surface area contributed by atoms with E-state index in [1.807, 2.05) is 25.1 Å². The van der Waals surface area contributed by atoms with Gasteiger partial charge in [-0.2, -0.15) is 0 Å². The molecule has 0 aliphatic rings. The van der Waals surface area contributed by atoms with Gasteiger partial charge in [0.1, 0.15) is 5.75 Å². The van der Waals surface area contributed by atoms with Crippen LogP contribution in [0.25, 0.3) is 0 Å². The normalized spacial score (nSPS) is 12.3. The van der Waals surface area contributed by atoms with Crippen LogP contribution in [0.1, 0.15) is 31.9 Å². The molecule has 0 radical (unpaired) electrons. The first-order valence-corrected chi connectivity index (χ1v) is 6.68. The highest BCUT2D eigenvalue weighted by atomic mass is 16.5. The molecule has 3 N–H and O–H groups in total. The number of carbonyl (C=O) groups excluding carboxylic acids is 1. The highest BCUT2D eigenvalue weighted by Crippen LogP contribution is 2.20. The van der Waals surface area contributed by atoms with Gasteiger partial charge in [-0.3, -0.25) is 4.79 Å². The highest BCUT2D eigenvalue weighted by Gasteiger charge is 2.15. The molecule has 106 valence electrons. The quantitative estimate of drug-likeness (QED) is 0.826. The highest BCUT2D eigenvalue weighted by molar-refractivity contribution is 5.80. The zero-order chi connectivity index (χ0) is 14.4. The van der Waals surface area contributed by atoms with E-state index in [1.165, 1.54) is 0 Å². The van der Waals surface area contributed by atoms with Gasteiger partial charge in [-0.15, -0.1) is 0 Å². The van der Waals surface area contributed by atoms with Crippen LogP contribution in [0, 0.1) is 12.8 Å². The zero-order valence-electron chi connectivity index (χ0n) is 12.2. The van der Waals surface area contributed by atoms with Crippen LogP contribution in [0.4, 0.5) is 0 Å². The molecule has 19 heavy (non-hydrogen) atoms. The first kappa shape index (κ1) is 15.5. The van der Waals surface area contributed by atoms with E-state index in [0.717, 1.165) is 16.9 Å². The lowest BCUT2D eigenvalue weighted by atomic mass is 10.1. The molecule has 0 fully saturated rings. The van der Waals surface area contributed by atoms with Crippen molar-refractivity contribution in [1.82, 2.24) is 5.32 Å². The van der Waals surface area contributed by atoms with Gasteiger partial charge < -0.3 is 15.8 Å². The fourth-order valence-electron chi connectivity index (χ4n) is 1.59. The Morgan fingerprint density at radius 1 is 1.37 bits per heavy atom. The standard InChI is InChI=1S/C15H24N2O2/c1-10(2)9-17-15(18)12(4)19-14-7-13(8-16)6-5-11(14)3/h5-7,10,12H,8-9,16H2,1-4H3,(H,17,18). The van der Waals surface area contributed by atoms with E-state index < -0.39 is 6.10 Å². The second-order valence-electron chi connectivity index (χ2n) is 5.20. The van der Waals surface area contributed by atoms with Gasteiger partial charge in [0.05, 0.1) is 0 Å².